The highest BCUT2D eigenvalue weighted by Crippen LogP contribution is 2.16. The number of anilines is 1. The molecule has 5 nitrogen and oxygen atoms in total. The Hall–Kier alpha value is -1.07. The third kappa shape index (κ3) is 2.98. The predicted octanol–water partition coefficient (Wildman–Crippen LogP) is 0.955. The highest BCUT2D eigenvalue weighted by atomic mass is 35.5. The molecule has 94 valence electrons. The summed E-state index contributed by atoms with van der Waals surface area (Å²) in [7, 11) is 1.91. The van der Waals surface area contributed by atoms with Crippen molar-refractivity contribution in [3.8, 4) is 0 Å². The molecule has 1 N–H and O–H groups in total. The highest BCUT2D eigenvalue weighted by Gasteiger charge is 2.14. The minimum absolute atomic E-state index is 0.163. The summed E-state index contributed by atoms with van der Waals surface area (Å²) in [6.45, 7) is 4.16. The van der Waals surface area contributed by atoms with Crippen molar-refractivity contribution in [1.29, 1.82) is 0 Å². The molecule has 0 aromatic carbocycles. The molecule has 2 heterocycles. The van der Waals surface area contributed by atoms with Gasteiger partial charge in [-0.05, 0) is 25.9 Å². The third-order valence-corrected chi connectivity index (χ3v) is 3.43. The van der Waals surface area contributed by atoms with E-state index in [9.17, 15) is 4.79 Å². The zero-order valence-electron chi connectivity index (χ0n) is 9.95. The van der Waals surface area contributed by atoms with E-state index in [0.29, 0.717) is 5.82 Å². The molecule has 1 aromatic rings. The molecule has 1 aliphatic rings. The van der Waals surface area contributed by atoms with Crippen LogP contribution in [0, 0.1) is 0 Å². The molecule has 0 saturated carbocycles. The lowest BCUT2D eigenvalue weighted by Crippen LogP contribution is -2.32. The Kier molecular flexibility index (Phi) is 4.02. The largest absolute Gasteiger partial charge is 0.357 e. The van der Waals surface area contributed by atoms with Gasteiger partial charge < -0.3 is 14.8 Å². The molecular weight excluding hydrogens is 240 g/mol. The summed E-state index contributed by atoms with van der Waals surface area (Å²) in [4.78, 5) is 22.2. The average molecular weight is 257 g/mol. The van der Waals surface area contributed by atoms with Crippen LogP contribution in [0.25, 0.3) is 0 Å². The Morgan fingerprint density at radius 1 is 1.53 bits per heavy atom. The van der Waals surface area contributed by atoms with Crippen LogP contribution in [-0.4, -0.2) is 48.1 Å². The molecule has 2 rings (SSSR count). The first kappa shape index (κ1) is 12.4. The summed E-state index contributed by atoms with van der Waals surface area (Å²) in [5.41, 5.74) is -0.287. The van der Waals surface area contributed by atoms with E-state index in [0.717, 1.165) is 13.1 Å². The minimum Gasteiger partial charge on any atom is -0.357 e. The summed E-state index contributed by atoms with van der Waals surface area (Å²) in [6.07, 6.45) is 3.96. The van der Waals surface area contributed by atoms with Gasteiger partial charge >= 0.3 is 0 Å². The fourth-order valence-corrected chi connectivity index (χ4v) is 2.29. The molecule has 0 radical (unpaired) electrons. The monoisotopic (exact) mass is 256 g/mol. The maximum atomic E-state index is 11.3. The molecule has 0 spiro atoms. The van der Waals surface area contributed by atoms with E-state index in [1.807, 2.05) is 11.9 Å². The smallest absolute Gasteiger partial charge is 0.271 e. The van der Waals surface area contributed by atoms with Crippen LogP contribution in [0.3, 0.4) is 0 Å². The number of likely N-dealkylation sites (tertiary alicyclic amines) is 1. The molecule has 0 amide bonds. The van der Waals surface area contributed by atoms with Crippen molar-refractivity contribution >= 4 is 17.4 Å². The van der Waals surface area contributed by atoms with Gasteiger partial charge in [0.2, 0.25) is 0 Å². The standard InChI is InChI=1S/C11H17ClN4O/c1-15(6-7-16-4-2-3-5-16)10-9(12)11(17)14-8-13-10/h8H,2-7H2,1H3,(H,13,14,17). The number of aromatic nitrogens is 2. The van der Waals surface area contributed by atoms with E-state index in [4.69, 9.17) is 11.6 Å². The van der Waals surface area contributed by atoms with Crippen molar-refractivity contribution in [2.45, 2.75) is 12.8 Å². The fraction of sp³-hybridized carbons (Fsp3) is 0.636. The number of rotatable bonds is 4. The Morgan fingerprint density at radius 2 is 2.24 bits per heavy atom. The quantitative estimate of drug-likeness (QED) is 0.872. The van der Waals surface area contributed by atoms with Crippen molar-refractivity contribution < 1.29 is 0 Å². The summed E-state index contributed by atoms with van der Waals surface area (Å²) >= 11 is 5.92. The zero-order valence-corrected chi connectivity index (χ0v) is 10.7. The molecule has 1 fully saturated rings. The summed E-state index contributed by atoms with van der Waals surface area (Å²) in [6, 6.07) is 0. The van der Waals surface area contributed by atoms with Gasteiger partial charge in [-0.1, -0.05) is 11.6 Å². The van der Waals surface area contributed by atoms with Crippen LogP contribution in [-0.2, 0) is 0 Å². The fourth-order valence-electron chi connectivity index (χ4n) is 2.04. The van der Waals surface area contributed by atoms with E-state index in [-0.39, 0.29) is 10.6 Å². The second-order valence-corrected chi connectivity index (χ2v) is 4.72. The Morgan fingerprint density at radius 3 is 2.94 bits per heavy atom. The summed E-state index contributed by atoms with van der Waals surface area (Å²) in [5, 5.41) is 0.163. The van der Waals surface area contributed by atoms with E-state index in [2.05, 4.69) is 14.9 Å². The van der Waals surface area contributed by atoms with Crippen LogP contribution in [0.5, 0.6) is 0 Å². The Labute approximate surface area is 105 Å². The third-order valence-electron chi connectivity index (χ3n) is 3.09. The van der Waals surface area contributed by atoms with Crippen molar-refractivity contribution in [3.05, 3.63) is 21.7 Å². The van der Waals surface area contributed by atoms with Crippen LogP contribution in [0.4, 0.5) is 5.82 Å². The van der Waals surface area contributed by atoms with Crippen molar-refractivity contribution in [2.24, 2.45) is 0 Å². The lowest BCUT2D eigenvalue weighted by molar-refractivity contribution is 0.346. The van der Waals surface area contributed by atoms with Crippen LogP contribution < -0.4 is 10.5 Å². The summed E-state index contributed by atoms with van der Waals surface area (Å²) in [5.74, 6) is 0.551. The Balaban J connectivity index is 1.96. The minimum atomic E-state index is -0.287. The molecule has 0 unspecified atom stereocenters. The average Bonchev–Trinajstić information content (AvgIpc) is 2.82. The van der Waals surface area contributed by atoms with Gasteiger partial charge in [0.05, 0.1) is 6.33 Å². The number of halogens is 1. The number of aromatic amines is 1. The van der Waals surface area contributed by atoms with Crippen molar-refractivity contribution in [3.63, 3.8) is 0 Å². The molecule has 17 heavy (non-hydrogen) atoms. The normalized spacial score (nSPS) is 16.4. The molecule has 1 aliphatic heterocycles. The van der Waals surface area contributed by atoms with E-state index in [1.165, 1.54) is 32.3 Å². The number of nitrogens with one attached hydrogen (secondary N) is 1. The lowest BCUT2D eigenvalue weighted by Gasteiger charge is -2.22. The molecule has 0 atom stereocenters. The molecule has 0 aliphatic carbocycles. The molecule has 6 heteroatoms. The highest BCUT2D eigenvalue weighted by molar-refractivity contribution is 6.32. The number of H-pyrrole nitrogens is 1. The maximum Gasteiger partial charge on any atom is 0.271 e. The SMILES string of the molecule is CN(CCN1CCCC1)c1nc[nH]c(=O)c1Cl. The molecule has 1 saturated heterocycles. The van der Waals surface area contributed by atoms with Gasteiger partial charge in [0.15, 0.2) is 5.82 Å². The topological polar surface area (TPSA) is 52.2 Å². The van der Waals surface area contributed by atoms with E-state index >= 15 is 0 Å². The first-order valence-electron chi connectivity index (χ1n) is 5.85. The molecule has 1 aromatic heterocycles. The van der Waals surface area contributed by atoms with Crippen LogP contribution >= 0.6 is 11.6 Å². The van der Waals surface area contributed by atoms with Gasteiger partial charge in [0, 0.05) is 20.1 Å². The van der Waals surface area contributed by atoms with E-state index in [1.54, 1.807) is 0 Å². The lowest BCUT2D eigenvalue weighted by atomic mass is 10.4. The maximum absolute atomic E-state index is 11.3. The zero-order chi connectivity index (χ0) is 12.3. The Bertz CT molecular complexity index is 428. The van der Waals surface area contributed by atoms with Crippen molar-refractivity contribution in [1.82, 2.24) is 14.9 Å². The second kappa shape index (κ2) is 5.51. The van der Waals surface area contributed by atoms with Gasteiger partial charge in [-0.25, -0.2) is 4.98 Å². The first-order valence-corrected chi connectivity index (χ1v) is 6.23. The second-order valence-electron chi connectivity index (χ2n) is 4.34. The van der Waals surface area contributed by atoms with E-state index < -0.39 is 0 Å². The number of nitrogens with zero attached hydrogens (tertiary/aromatic N) is 3. The number of hydrogen-bond acceptors (Lipinski definition) is 4. The van der Waals surface area contributed by atoms with Gasteiger partial charge in [-0.2, -0.15) is 0 Å². The predicted molar refractivity (Wildman–Crippen MR) is 68.8 cm³/mol. The first-order chi connectivity index (χ1) is 8.18. The van der Waals surface area contributed by atoms with Crippen LogP contribution in [0.1, 0.15) is 12.8 Å². The van der Waals surface area contributed by atoms with Gasteiger partial charge in [-0.15, -0.1) is 0 Å². The van der Waals surface area contributed by atoms with Gasteiger partial charge in [0.25, 0.3) is 5.56 Å². The summed E-state index contributed by atoms with van der Waals surface area (Å²) < 4.78 is 0. The van der Waals surface area contributed by atoms with Gasteiger partial charge in [-0.3, -0.25) is 4.79 Å². The van der Waals surface area contributed by atoms with Crippen molar-refractivity contribution in [2.75, 3.05) is 38.1 Å². The number of hydrogen-bond donors (Lipinski definition) is 1. The van der Waals surface area contributed by atoms with Crippen LogP contribution in [0.2, 0.25) is 5.02 Å². The van der Waals surface area contributed by atoms with Gasteiger partial charge in [0.1, 0.15) is 5.02 Å². The van der Waals surface area contributed by atoms with Crippen LogP contribution in [0.15, 0.2) is 11.1 Å². The molecule has 0 bridgehead atoms. The number of likely N-dealkylation sites (N-methyl/N-ethyl adjacent to an activating group) is 1. The molecular formula is C11H17ClN4O.